The molecule has 0 aliphatic heterocycles. The number of fused-ring (bicyclic) bond motifs is 1. The summed E-state index contributed by atoms with van der Waals surface area (Å²) in [7, 11) is 1.50. The van der Waals surface area contributed by atoms with Crippen LogP contribution in [0.1, 0.15) is 26.9 Å². The number of aromatic nitrogens is 2. The third kappa shape index (κ3) is 3.43. The average Bonchev–Trinajstić information content (AvgIpc) is 3.01. The lowest BCUT2D eigenvalue weighted by Gasteiger charge is -2.04. The molecule has 0 fully saturated rings. The number of carbonyl (C=O) groups is 2. The third-order valence-electron chi connectivity index (χ3n) is 3.24. The number of hydrogen-bond acceptors (Lipinski definition) is 5. The van der Waals surface area contributed by atoms with Gasteiger partial charge in [-0.25, -0.2) is 9.97 Å². The molecule has 0 spiro atoms. The molecule has 2 aromatic heterocycles. The summed E-state index contributed by atoms with van der Waals surface area (Å²) in [6.45, 7) is 0.122. The van der Waals surface area contributed by atoms with Crippen LogP contribution in [0.15, 0.2) is 45.3 Å². The van der Waals surface area contributed by atoms with Crippen LogP contribution >= 0.6 is 15.9 Å². The van der Waals surface area contributed by atoms with Crippen LogP contribution in [0, 0.1) is 0 Å². The van der Waals surface area contributed by atoms with Gasteiger partial charge in [0.2, 0.25) is 5.89 Å². The van der Waals surface area contributed by atoms with E-state index >= 15 is 0 Å². The van der Waals surface area contributed by atoms with E-state index in [4.69, 9.17) is 4.42 Å². The second-order valence-electron chi connectivity index (χ2n) is 4.89. The summed E-state index contributed by atoms with van der Waals surface area (Å²) in [5, 5.41) is 5.14. The molecule has 0 bridgehead atoms. The zero-order valence-electron chi connectivity index (χ0n) is 12.7. The first-order chi connectivity index (χ1) is 11.6. The molecule has 0 unspecified atom stereocenters. The maximum Gasteiger partial charge on any atom is 0.270 e. The van der Waals surface area contributed by atoms with E-state index in [9.17, 15) is 9.59 Å². The molecule has 0 saturated carbocycles. The Hall–Kier alpha value is -2.74. The van der Waals surface area contributed by atoms with Gasteiger partial charge in [-0.1, -0.05) is 22.0 Å². The Labute approximate surface area is 145 Å². The van der Waals surface area contributed by atoms with Crippen LogP contribution in [0.4, 0.5) is 0 Å². The number of halogens is 1. The van der Waals surface area contributed by atoms with E-state index < -0.39 is 5.91 Å². The lowest BCUT2D eigenvalue weighted by Crippen LogP contribution is -2.26. The Kier molecular flexibility index (Phi) is 4.57. The van der Waals surface area contributed by atoms with Crippen LogP contribution < -0.4 is 10.6 Å². The fraction of sp³-hybridized carbons (Fsp3) is 0.125. The minimum atomic E-state index is -0.413. The van der Waals surface area contributed by atoms with Crippen molar-refractivity contribution in [1.82, 2.24) is 20.6 Å². The van der Waals surface area contributed by atoms with Crippen LogP contribution in [0.5, 0.6) is 0 Å². The fourth-order valence-electron chi connectivity index (χ4n) is 2.09. The first-order valence-electron chi connectivity index (χ1n) is 7.09. The maximum absolute atomic E-state index is 12.2. The minimum absolute atomic E-state index is 0.122. The lowest BCUT2D eigenvalue weighted by atomic mass is 10.2. The Morgan fingerprint density at radius 3 is 2.62 bits per heavy atom. The lowest BCUT2D eigenvalue weighted by molar-refractivity contribution is 0.0941. The van der Waals surface area contributed by atoms with Crippen LogP contribution in [0.2, 0.25) is 0 Å². The van der Waals surface area contributed by atoms with Crippen molar-refractivity contribution in [2.24, 2.45) is 0 Å². The molecular weight excluding hydrogens is 376 g/mol. The van der Waals surface area contributed by atoms with E-state index in [2.05, 4.69) is 36.5 Å². The molecule has 2 amide bonds. The number of benzene rings is 1. The van der Waals surface area contributed by atoms with Gasteiger partial charge in [0, 0.05) is 11.5 Å². The van der Waals surface area contributed by atoms with Crippen molar-refractivity contribution in [2.45, 2.75) is 6.54 Å². The smallest absolute Gasteiger partial charge is 0.270 e. The number of rotatable bonds is 4. The van der Waals surface area contributed by atoms with Crippen molar-refractivity contribution in [2.75, 3.05) is 7.05 Å². The van der Waals surface area contributed by atoms with E-state index in [-0.39, 0.29) is 23.8 Å². The van der Waals surface area contributed by atoms with E-state index in [1.165, 1.54) is 19.2 Å². The number of nitrogens with zero attached hydrogens (tertiary/aromatic N) is 2. The molecule has 24 heavy (non-hydrogen) atoms. The molecule has 0 atom stereocenters. The number of nitrogens with one attached hydrogen (secondary N) is 2. The standard InChI is InChI=1S/C16H13BrN4O3/c1-18-15(22)10-3-2-4-11(20-10)16(23)19-8-14-21-12-7-9(17)5-6-13(12)24-14/h2-7H,8H2,1H3,(H,18,22)(H,19,23). The van der Waals surface area contributed by atoms with Gasteiger partial charge in [-0.05, 0) is 30.3 Å². The second kappa shape index (κ2) is 6.79. The molecule has 8 heteroatoms. The molecule has 0 aliphatic carbocycles. The molecule has 1 aromatic carbocycles. The normalized spacial score (nSPS) is 10.6. The summed E-state index contributed by atoms with van der Waals surface area (Å²) in [6, 6.07) is 10.2. The first-order valence-corrected chi connectivity index (χ1v) is 7.88. The summed E-state index contributed by atoms with van der Waals surface area (Å²) in [4.78, 5) is 32.1. The highest BCUT2D eigenvalue weighted by atomic mass is 79.9. The SMILES string of the molecule is CNC(=O)c1cccc(C(=O)NCc2nc3cc(Br)ccc3o2)n1. The highest BCUT2D eigenvalue weighted by Gasteiger charge is 2.13. The highest BCUT2D eigenvalue weighted by Crippen LogP contribution is 2.20. The molecule has 122 valence electrons. The summed E-state index contributed by atoms with van der Waals surface area (Å²) in [6.07, 6.45) is 0. The van der Waals surface area contributed by atoms with Gasteiger partial charge >= 0.3 is 0 Å². The summed E-state index contributed by atoms with van der Waals surface area (Å²) >= 11 is 3.37. The Bertz CT molecular complexity index is 923. The van der Waals surface area contributed by atoms with Gasteiger partial charge < -0.3 is 15.1 Å². The van der Waals surface area contributed by atoms with Gasteiger partial charge in [0.15, 0.2) is 5.58 Å². The molecular formula is C16H13BrN4O3. The van der Waals surface area contributed by atoms with E-state index in [1.807, 2.05) is 12.1 Å². The number of pyridine rings is 1. The van der Waals surface area contributed by atoms with Crippen molar-refractivity contribution < 1.29 is 14.0 Å². The maximum atomic E-state index is 12.2. The number of hydrogen-bond donors (Lipinski definition) is 2. The van der Waals surface area contributed by atoms with Crippen molar-refractivity contribution >= 4 is 38.8 Å². The monoisotopic (exact) mass is 388 g/mol. The van der Waals surface area contributed by atoms with E-state index in [0.717, 1.165) is 4.47 Å². The quantitative estimate of drug-likeness (QED) is 0.714. The largest absolute Gasteiger partial charge is 0.439 e. The topological polar surface area (TPSA) is 97.1 Å². The van der Waals surface area contributed by atoms with Crippen LogP contribution in [0.25, 0.3) is 11.1 Å². The zero-order chi connectivity index (χ0) is 17.1. The number of amides is 2. The van der Waals surface area contributed by atoms with Crippen LogP contribution in [-0.2, 0) is 6.54 Å². The van der Waals surface area contributed by atoms with Gasteiger partial charge in [-0.15, -0.1) is 0 Å². The predicted octanol–water partition coefficient (Wildman–Crippen LogP) is 2.27. The van der Waals surface area contributed by atoms with Gasteiger partial charge in [0.05, 0.1) is 6.54 Å². The average molecular weight is 389 g/mol. The third-order valence-corrected chi connectivity index (χ3v) is 3.73. The first kappa shape index (κ1) is 16.1. The molecule has 0 saturated heterocycles. The Balaban J connectivity index is 1.71. The van der Waals surface area contributed by atoms with Crippen molar-refractivity contribution in [3.05, 3.63) is 58.1 Å². The van der Waals surface area contributed by atoms with Crippen LogP contribution in [0.3, 0.4) is 0 Å². The zero-order valence-corrected chi connectivity index (χ0v) is 14.3. The molecule has 3 aromatic rings. The number of oxazole rings is 1. The van der Waals surface area contributed by atoms with Gasteiger partial charge in [-0.2, -0.15) is 0 Å². The van der Waals surface area contributed by atoms with Crippen molar-refractivity contribution in [3.63, 3.8) is 0 Å². The minimum Gasteiger partial charge on any atom is -0.439 e. The van der Waals surface area contributed by atoms with Crippen molar-refractivity contribution in [3.8, 4) is 0 Å². The molecule has 0 aliphatic rings. The van der Waals surface area contributed by atoms with E-state index in [1.54, 1.807) is 12.1 Å². The highest BCUT2D eigenvalue weighted by molar-refractivity contribution is 9.10. The predicted molar refractivity (Wildman–Crippen MR) is 90.5 cm³/mol. The second-order valence-corrected chi connectivity index (χ2v) is 5.81. The molecule has 2 N–H and O–H groups in total. The van der Waals surface area contributed by atoms with Crippen LogP contribution in [-0.4, -0.2) is 28.8 Å². The van der Waals surface area contributed by atoms with Gasteiger partial charge in [0.25, 0.3) is 11.8 Å². The molecule has 2 heterocycles. The summed E-state index contributed by atoms with van der Waals surface area (Å²) in [5.41, 5.74) is 1.67. The Morgan fingerprint density at radius 2 is 1.88 bits per heavy atom. The van der Waals surface area contributed by atoms with E-state index in [0.29, 0.717) is 17.0 Å². The van der Waals surface area contributed by atoms with Gasteiger partial charge in [-0.3, -0.25) is 9.59 Å². The van der Waals surface area contributed by atoms with Crippen molar-refractivity contribution in [1.29, 1.82) is 0 Å². The summed E-state index contributed by atoms with van der Waals surface area (Å²) < 4.78 is 6.45. The molecule has 7 nitrogen and oxygen atoms in total. The number of carbonyl (C=O) groups excluding carboxylic acids is 2. The fourth-order valence-corrected chi connectivity index (χ4v) is 2.44. The Morgan fingerprint density at radius 1 is 1.12 bits per heavy atom. The molecule has 3 rings (SSSR count). The molecule has 0 radical (unpaired) electrons. The summed E-state index contributed by atoms with van der Waals surface area (Å²) in [5.74, 6) is -0.378. The van der Waals surface area contributed by atoms with Gasteiger partial charge in [0.1, 0.15) is 16.9 Å².